The number of ether oxygens (including phenoxy) is 1. The summed E-state index contributed by atoms with van der Waals surface area (Å²) in [6.45, 7) is 1.30. The molecule has 0 saturated heterocycles. The van der Waals surface area contributed by atoms with E-state index in [1.165, 1.54) is 16.7 Å². The molecule has 1 heterocycles. The van der Waals surface area contributed by atoms with Gasteiger partial charge in [0.05, 0.1) is 12.7 Å². The Bertz CT molecular complexity index is 721. The van der Waals surface area contributed by atoms with Crippen molar-refractivity contribution in [3.05, 3.63) is 58.5 Å². The van der Waals surface area contributed by atoms with Gasteiger partial charge >= 0.3 is 0 Å². The third-order valence-electron chi connectivity index (χ3n) is 3.37. The molecule has 0 bridgehead atoms. The van der Waals surface area contributed by atoms with Gasteiger partial charge in [-0.15, -0.1) is 0 Å². The summed E-state index contributed by atoms with van der Waals surface area (Å²) in [6, 6.07) is 10.0. The highest BCUT2D eigenvalue weighted by atomic mass is 16.5. The highest BCUT2D eigenvalue weighted by Gasteiger charge is 2.08. The standard InChI is InChI=1S/C17H21N3O3/c1-19(2)11-10-18-17(22)13-4-9-16(21)20(12-13)14-5-7-15(23-3)8-6-14/h4-9,12H,10-11H2,1-3H3,(H,18,22). The molecule has 2 rings (SSSR count). The fourth-order valence-corrected chi connectivity index (χ4v) is 2.06. The molecule has 6 nitrogen and oxygen atoms in total. The van der Waals surface area contributed by atoms with E-state index >= 15 is 0 Å². The van der Waals surface area contributed by atoms with Crippen molar-refractivity contribution >= 4 is 5.91 Å². The van der Waals surface area contributed by atoms with Gasteiger partial charge in [0.25, 0.3) is 11.5 Å². The molecule has 0 aliphatic heterocycles. The molecule has 0 saturated carbocycles. The van der Waals surface area contributed by atoms with Gasteiger partial charge in [0.2, 0.25) is 0 Å². The van der Waals surface area contributed by atoms with Crippen LogP contribution in [-0.2, 0) is 0 Å². The topological polar surface area (TPSA) is 63.6 Å². The lowest BCUT2D eigenvalue weighted by Crippen LogP contribution is -2.32. The van der Waals surface area contributed by atoms with Crippen molar-refractivity contribution in [2.24, 2.45) is 0 Å². The Balaban J connectivity index is 2.21. The Hall–Kier alpha value is -2.60. The second-order valence-corrected chi connectivity index (χ2v) is 5.38. The maximum Gasteiger partial charge on any atom is 0.255 e. The van der Waals surface area contributed by atoms with Gasteiger partial charge < -0.3 is 15.0 Å². The van der Waals surface area contributed by atoms with E-state index in [1.54, 1.807) is 37.6 Å². The van der Waals surface area contributed by atoms with Crippen LogP contribution >= 0.6 is 0 Å². The van der Waals surface area contributed by atoms with E-state index in [0.717, 1.165) is 6.54 Å². The van der Waals surface area contributed by atoms with E-state index in [-0.39, 0.29) is 11.5 Å². The van der Waals surface area contributed by atoms with Crippen molar-refractivity contribution in [3.8, 4) is 11.4 Å². The molecule has 1 amide bonds. The predicted octanol–water partition coefficient (Wildman–Crippen LogP) is 1.14. The van der Waals surface area contributed by atoms with Gasteiger partial charge in [0.1, 0.15) is 5.75 Å². The average molecular weight is 315 g/mol. The molecule has 1 aromatic heterocycles. The van der Waals surface area contributed by atoms with Crippen LogP contribution in [0.15, 0.2) is 47.4 Å². The number of carbonyl (C=O) groups is 1. The minimum atomic E-state index is -0.200. The Kier molecular flexibility index (Phi) is 5.54. The minimum absolute atomic E-state index is 0.194. The van der Waals surface area contributed by atoms with Gasteiger partial charge in [-0.3, -0.25) is 14.2 Å². The number of rotatable bonds is 6. The number of aromatic nitrogens is 1. The van der Waals surface area contributed by atoms with Crippen molar-refractivity contribution in [2.45, 2.75) is 0 Å². The van der Waals surface area contributed by atoms with Gasteiger partial charge in [0.15, 0.2) is 0 Å². The van der Waals surface area contributed by atoms with Crippen LogP contribution in [0.5, 0.6) is 5.75 Å². The zero-order chi connectivity index (χ0) is 16.8. The smallest absolute Gasteiger partial charge is 0.255 e. The lowest BCUT2D eigenvalue weighted by Gasteiger charge is -2.12. The Labute approximate surface area is 135 Å². The summed E-state index contributed by atoms with van der Waals surface area (Å²) in [5, 5.41) is 2.83. The van der Waals surface area contributed by atoms with Crippen LogP contribution in [0, 0.1) is 0 Å². The number of benzene rings is 1. The van der Waals surface area contributed by atoms with E-state index in [4.69, 9.17) is 4.74 Å². The number of nitrogens with zero attached hydrogens (tertiary/aromatic N) is 2. The van der Waals surface area contributed by atoms with Crippen LogP contribution in [0.2, 0.25) is 0 Å². The third kappa shape index (κ3) is 4.43. The summed E-state index contributed by atoms with van der Waals surface area (Å²) in [4.78, 5) is 26.2. The number of carbonyl (C=O) groups excluding carboxylic acids is 1. The number of likely N-dealkylation sites (N-methyl/N-ethyl adjacent to an activating group) is 1. The van der Waals surface area contributed by atoms with Gasteiger partial charge in [0, 0.05) is 31.0 Å². The van der Waals surface area contributed by atoms with E-state index < -0.39 is 0 Å². The maximum absolute atomic E-state index is 12.2. The summed E-state index contributed by atoms with van der Waals surface area (Å²) in [7, 11) is 5.46. The van der Waals surface area contributed by atoms with E-state index in [1.807, 2.05) is 19.0 Å². The Morgan fingerprint density at radius 1 is 1.17 bits per heavy atom. The summed E-state index contributed by atoms with van der Waals surface area (Å²) in [6.07, 6.45) is 1.55. The first-order chi connectivity index (χ1) is 11.0. The largest absolute Gasteiger partial charge is 0.497 e. The van der Waals surface area contributed by atoms with Crippen LogP contribution in [0.4, 0.5) is 0 Å². The molecule has 23 heavy (non-hydrogen) atoms. The number of hydrogen-bond acceptors (Lipinski definition) is 4. The number of methoxy groups -OCH3 is 1. The van der Waals surface area contributed by atoms with Crippen LogP contribution in [0.25, 0.3) is 5.69 Å². The average Bonchev–Trinajstić information content (AvgIpc) is 2.55. The van der Waals surface area contributed by atoms with E-state index in [0.29, 0.717) is 23.5 Å². The molecular formula is C17H21N3O3. The zero-order valence-electron chi connectivity index (χ0n) is 13.6. The second kappa shape index (κ2) is 7.60. The third-order valence-corrected chi connectivity index (χ3v) is 3.37. The summed E-state index contributed by atoms with van der Waals surface area (Å²) in [5.41, 5.74) is 0.929. The van der Waals surface area contributed by atoms with Gasteiger partial charge in [-0.1, -0.05) is 0 Å². The van der Waals surface area contributed by atoms with Crippen molar-refractivity contribution in [1.29, 1.82) is 0 Å². The number of hydrogen-bond donors (Lipinski definition) is 1. The number of pyridine rings is 1. The molecule has 0 fully saturated rings. The first-order valence-corrected chi connectivity index (χ1v) is 7.31. The molecule has 0 aliphatic carbocycles. The van der Waals surface area contributed by atoms with Crippen molar-refractivity contribution < 1.29 is 9.53 Å². The SMILES string of the molecule is COc1ccc(-n2cc(C(=O)NCCN(C)C)ccc2=O)cc1. The van der Waals surface area contributed by atoms with E-state index in [2.05, 4.69) is 5.32 Å². The molecule has 0 spiro atoms. The predicted molar refractivity (Wildman–Crippen MR) is 89.5 cm³/mol. The zero-order valence-corrected chi connectivity index (χ0v) is 13.6. The van der Waals surface area contributed by atoms with Crippen molar-refractivity contribution in [3.63, 3.8) is 0 Å². The molecule has 1 N–H and O–H groups in total. The van der Waals surface area contributed by atoms with Crippen LogP contribution in [0.1, 0.15) is 10.4 Å². The molecule has 6 heteroatoms. The van der Waals surface area contributed by atoms with E-state index in [9.17, 15) is 9.59 Å². The van der Waals surface area contributed by atoms with Crippen molar-refractivity contribution in [1.82, 2.24) is 14.8 Å². The quantitative estimate of drug-likeness (QED) is 0.868. The Morgan fingerprint density at radius 2 is 1.87 bits per heavy atom. The Morgan fingerprint density at radius 3 is 2.48 bits per heavy atom. The molecule has 1 aromatic carbocycles. The molecule has 2 aromatic rings. The lowest BCUT2D eigenvalue weighted by atomic mass is 10.2. The number of nitrogens with one attached hydrogen (secondary N) is 1. The summed E-state index contributed by atoms with van der Waals surface area (Å²) < 4.78 is 6.55. The molecule has 0 atom stereocenters. The number of amides is 1. The van der Waals surface area contributed by atoms with Crippen LogP contribution in [-0.4, -0.2) is 49.7 Å². The summed E-state index contributed by atoms with van der Waals surface area (Å²) >= 11 is 0. The fourth-order valence-electron chi connectivity index (χ4n) is 2.06. The van der Waals surface area contributed by atoms with Gasteiger partial charge in [-0.2, -0.15) is 0 Å². The highest BCUT2D eigenvalue weighted by molar-refractivity contribution is 5.93. The van der Waals surface area contributed by atoms with Gasteiger partial charge in [-0.05, 0) is 44.4 Å². The highest BCUT2D eigenvalue weighted by Crippen LogP contribution is 2.14. The molecule has 0 unspecified atom stereocenters. The van der Waals surface area contributed by atoms with Crippen molar-refractivity contribution in [2.75, 3.05) is 34.3 Å². The molecule has 0 radical (unpaired) electrons. The summed E-state index contributed by atoms with van der Waals surface area (Å²) in [5.74, 6) is 0.508. The maximum atomic E-state index is 12.2. The fraction of sp³-hybridized carbons (Fsp3) is 0.294. The van der Waals surface area contributed by atoms with Crippen LogP contribution < -0.4 is 15.6 Å². The van der Waals surface area contributed by atoms with Gasteiger partial charge in [-0.25, -0.2) is 0 Å². The van der Waals surface area contributed by atoms with Crippen LogP contribution in [0.3, 0.4) is 0 Å². The molecular weight excluding hydrogens is 294 g/mol. The first-order valence-electron chi connectivity index (χ1n) is 7.31. The second-order valence-electron chi connectivity index (χ2n) is 5.38. The lowest BCUT2D eigenvalue weighted by molar-refractivity contribution is 0.0950. The molecule has 0 aliphatic rings. The minimum Gasteiger partial charge on any atom is -0.497 e. The monoisotopic (exact) mass is 315 g/mol. The molecule has 122 valence electrons. The normalized spacial score (nSPS) is 10.6. The first kappa shape index (κ1) is 16.8.